The molecule has 8 heteroatoms. The fourth-order valence-corrected chi connectivity index (χ4v) is 6.08. The van der Waals surface area contributed by atoms with E-state index in [0.29, 0.717) is 43.3 Å². The third-order valence-electron chi connectivity index (χ3n) is 5.88. The van der Waals surface area contributed by atoms with Gasteiger partial charge >= 0.3 is 0 Å². The third kappa shape index (κ3) is 2.78. The molecule has 0 spiro atoms. The molecule has 0 radical (unpaired) electrons. The van der Waals surface area contributed by atoms with Crippen molar-refractivity contribution in [2.45, 2.75) is 24.0 Å². The number of rotatable bonds is 3. The van der Waals surface area contributed by atoms with Crippen molar-refractivity contribution in [2.75, 3.05) is 37.2 Å². The second kappa shape index (κ2) is 6.72. The molecule has 3 aliphatic rings. The van der Waals surface area contributed by atoms with E-state index in [2.05, 4.69) is 0 Å². The number of anilines is 1. The molecule has 0 saturated carbocycles. The molecule has 2 fully saturated rings. The maximum atomic E-state index is 13.0. The SMILES string of the molecule is O=C(CN1c2cccc3cccc(c23)S1(=O)=O)N1CCC(C2OCCO2)CC1. The van der Waals surface area contributed by atoms with E-state index in [0.717, 1.165) is 18.2 Å². The highest BCUT2D eigenvalue weighted by Crippen LogP contribution is 2.41. The summed E-state index contributed by atoms with van der Waals surface area (Å²) >= 11 is 0. The fraction of sp³-hybridized carbons (Fsp3) is 0.450. The molecular formula is C20H22N2O5S. The molecule has 0 aromatic heterocycles. The van der Waals surface area contributed by atoms with Gasteiger partial charge in [0, 0.05) is 24.4 Å². The lowest BCUT2D eigenvalue weighted by Gasteiger charge is -2.34. The summed E-state index contributed by atoms with van der Waals surface area (Å²) in [6.07, 6.45) is 1.45. The summed E-state index contributed by atoms with van der Waals surface area (Å²) in [5.41, 5.74) is 0.587. The number of hydrogen-bond acceptors (Lipinski definition) is 5. The van der Waals surface area contributed by atoms with E-state index in [1.165, 1.54) is 4.31 Å². The molecule has 0 N–H and O–H groups in total. The van der Waals surface area contributed by atoms with E-state index in [1.54, 1.807) is 23.1 Å². The molecule has 3 aliphatic heterocycles. The molecular weight excluding hydrogens is 380 g/mol. The number of piperidine rings is 1. The number of carbonyl (C=O) groups is 1. The lowest BCUT2D eigenvalue weighted by atomic mass is 9.96. The zero-order chi connectivity index (χ0) is 19.3. The fourth-order valence-electron chi connectivity index (χ4n) is 4.42. The summed E-state index contributed by atoms with van der Waals surface area (Å²) in [5.74, 6) is 0.125. The van der Waals surface area contributed by atoms with E-state index in [4.69, 9.17) is 9.47 Å². The largest absolute Gasteiger partial charge is 0.350 e. The first kappa shape index (κ1) is 17.9. The Morgan fingerprint density at radius 3 is 2.43 bits per heavy atom. The number of benzene rings is 2. The summed E-state index contributed by atoms with van der Waals surface area (Å²) < 4.78 is 38.5. The van der Waals surface area contributed by atoms with E-state index < -0.39 is 10.0 Å². The van der Waals surface area contributed by atoms with Crippen molar-refractivity contribution in [3.8, 4) is 0 Å². The maximum Gasteiger partial charge on any atom is 0.265 e. The number of carbonyl (C=O) groups excluding carboxylic acids is 1. The van der Waals surface area contributed by atoms with Crippen molar-refractivity contribution in [1.29, 1.82) is 0 Å². The first-order valence-corrected chi connectivity index (χ1v) is 11.1. The van der Waals surface area contributed by atoms with Crippen LogP contribution in [-0.2, 0) is 24.3 Å². The molecule has 28 heavy (non-hydrogen) atoms. The minimum absolute atomic E-state index is 0.164. The molecule has 0 unspecified atom stereocenters. The third-order valence-corrected chi connectivity index (χ3v) is 7.69. The van der Waals surface area contributed by atoms with Gasteiger partial charge < -0.3 is 14.4 Å². The first-order valence-electron chi connectivity index (χ1n) is 9.61. The normalized spacial score (nSPS) is 22.3. The predicted octanol–water partition coefficient (Wildman–Crippen LogP) is 1.96. The van der Waals surface area contributed by atoms with Gasteiger partial charge in [0.15, 0.2) is 6.29 Å². The zero-order valence-electron chi connectivity index (χ0n) is 15.4. The highest BCUT2D eigenvalue weighted by Gasteiger charge is 2.38. The van der Waals surface area contributed by atoms with Crippen LogP contribution in [0, 0.1) is 5.92 Å². The molecule has 2 saturated heterocycles. The topological polar surface area (TPSA) is 76.2 Å². The van der Waals surface area contributed by atoms with Crippen molar-refractivity contribution in [2.24, 2.45) is 5.92 Å². The zero-order valence-corrected chi connectivity index (χ0v) is 16.2. The monoisotopic (exact) mass is 402 g/mol. The number of amides is 1. The molecule has 1 amide bonds. The Morgan fingerprint density at radius 2 is 1.71 bits per heavy atom. The van der Waals surface area contributed by atoms with Crippen LogP contribution in [0.25, 0.3) is 10.8 Å². The Hall–Kier alpha value is -2.16. The predicted molar refractivity (Wildman–Crippen MR) is 103 cm³/mol. The average Bonchev–Trinajstić information content (AvgIpc) is 3.32. The van der Waals surface area contributed by atoms with Crippen molar-refractivity contribution >= 4 is 32.4 Å². The minimum Gasteiger partial charge on any atom is -0.350 e. The number of likely N-dealkylation sites (tertiary alicyclic amines) is 1. The maximum absolute atomic E-state index is 13.0. The van der Waals surface area contributed by atoms with Gasteiger partial charge in [0.2, 0.25) is 5.91 Å². The van der Waals surface area contributed by atoms with Crippen LogP contribution in [0.15, 0.2) is 41.3 Å². The molecule has 2 aromatic rings. The minimum atomic E-state index is -3.71. The Labute approximate surface area is 163 Å². The van der Waals surface area contributed by atoms with Crippen LogP contribution in [0.4, 0.5) is 5.69 Å². The molecule has 0 aliphatic carbocycles. The van der Waals surface area contributed by atoms with Crippen LogP contribution in [-0.4, -0.2) is 58.4 Å². The van der Waals surface area contributed by atoms with Crippen LogP contribution < -0.4 is 4.31 Å². The smallest absolute Gasteiger partial charge is 0.265 e. The van der Waals surface area contributed by atoms with Crippen LogP contribution in [0.3, 0.4) is 0 Å². The van der Waals surface area contributed by atoms with Gasteiger partial charge in [-0.2, -0.15) is 0 Å². The quantitative estimate of drug-likeness (QED) is 0.785. The molecule has 0 bridgehead atoms. The Bertz CT molecular complexity index is 1020. The van der Waals surface area contributed by atoms with Crippen molar-refractivity contribution in [1.82, 2.24) is 4.90 Å². The van der Waals surface area contributed by atoms with Gasteiger partial charge in [-0.25, -0.2) is 8.42 Å². The first-order chi connectivity index (χ1) is 13.6. The lowest BCUT2D eigenvalue weighted by Crippen LogP contribution is -2.46. The molecule has 7 nitrogen and oxygen atoms in total. The number of nitrogens with zero attached hydrogens (tertiary/aromatic N) is 2. The Balaban J connectivity index is 1.33. The number of ether oxygens (including phenoxy) is 2. The van der Waals surface area contributed by atoms with Gasteiger partial charge in [0.1, 0.15) is 6.54 Å². The van der Waals surface area contributed by atoms with Crippen molar-refractivity contribution in [3.63, 3.8) is 0 Å². The van der Waals surface area contributed by atoms with Gasteiger partial charge in [-0.1, -0.05) is 24.3 Å². The highest BCUT2D eigenvalue weighted by molar-refractivity contribution is 7.93. The Kier molecular flexibility index (Phi) is 4.30. The summed E-state index contributed by atoms with van der Waals surface area (Å²) in [7, 11) is -3.71. The van der Waals surface area contributed by atoms with Crippen molar-refractivity contribution < 1.29 is 22.7 Å². The second-order valence-corrected chi connectivity index (χ2v) is 9.30. The van der Waals surface area contributed by atoms with Gasteiger partial charge in [-0.3, -0.25) is 9.10 Å². The molecule has 2 aromatic carbocycles. The summed E-state index contributed by atoms with van der Waals surface area (Å²) in [4.78, 5) is 14.9. The van der Waals surface area contributed by atoms with Gasteiger partial charge in [-0.15, -0.1) is 0 Å². The van der Waals surface area contributed by atoms with E-state index in [-0.39, 0.29) is 23.6 Å². The van der Waals surface area contributed by atoms with Gasteiger partial charge in [0.25, 0.3) is 10.0 Å². The standard InChI is InChI=1S/C20H22N2O5S/c23-18(21-9-7-15(8-10-21)20-26-11-12-27-20)13-22-16-5-1-3-14-4-2-6-17(19(14)16)28(22,24)25/h1-6,15,20H,7-13H2. The summed E-state index contributed by atoms with van der Waals surface area (Å²) in [6, 6.07) is 10.7. The highest BCUT2D eigenvalue weighted by atomic mass is 32.2. The van der Waals surface area contributed by atoms with E-state index in [9.17, 15) is 13.2 Å². The van der Waals surface area contributed by atoms with E-state index in [1.807, 2.05) is 18.2 Å². The van der Waals surface area contributed by atoms with Crippen LogP contribution >= 0.6 is 0 Å². The molecule has 148 valence electrons. The van der Waals surface area contributed by atoms with Crippen LogP contribution in [0.2, 0.25) is 0 Å². The lowest BCUT2D eigenvalue weighted by molar-refractivity contribution is -0.135. The van der Waals surface area contributed by atoms with Crippen molar-refractivity contribution in [3.05, 3.63) is 36.4 Å². The average molecular weight is 402 g/mol. The van der Waals surface area contributed by atoms with E-state index >= 15 is 0 Å². The molecule has 0 atom stereocenters. The second-order valence-electron chi connectivity index (χ2n) is 7.47. The summed E-state index contributed by atoms with van der Waals surface area (Å²) in [5, 5.41) is 1.57. The molecule has 3 heterocycles. The number of sulfonamides is 1. The van der Waals surface area contributed by atoms with Gasteiger partial charge in [-0.05, 0) is 30.4 Å². The number of hydrogen-bond donors (Lipinski definition) is 0. The molecule has 5 rings (SSSR count). The van der Waals surface area contributed by atoms with Gasteiger partial charge in [0.05, 0.1) is 23.8 Å². The van der Waals surface area contributed by atoms with Crippen LogP contribution in [0.1, 0.15) is 12.8 Å². The van der Waals surface area contributed by atoms with Crippen LogP contribution in [0.5, 0.6) is 0 Å². The summed E-state index contributed by atoms with van der Waals surface area (Å²) in [6.45, 7) is 2.28. The Morgan fingerprint density at radius 1 is 1.04 bits per heavy atom.